The summed E-state index contributed by atoms with van der Waals surface area (Å²) in [4.78, 5) is 35.0. The average molecular weight is 454 g/mol. The van der Waals surface area contributed by atoms with Gasteiger partial charge in [0.05, 0.1) is 13.4 Å². The molecule has 1 fully saturated rings. The van der Waals surface area contributed by atoms with E-state index in [2.05, 4.69) is 4.98 Å². The Morgan fingerprint density at radius 1 is 1.09 bits per heavy atom. The summed E-state index contributed by atoms with van der Waals surface area (Å²) in [6.45, 7) is 4.25. The summed E-state index contributed by atoms with van der Waals surface area (Å²) in [5.41, 5.74) is 1.58. The molecule has 0 atom stereocenters. The second-order valence-electron chi connectivity index (χ2n) is 7.78. The van der Waals surface area contributed by atoms with Crippen LogP contribution >= 0.6 is 11.3 Å². The number of carbonyl (C=O) groups excluding carboxylic acids is 2. The molecule has 8 heteroatoms. The van der Waals surface area contributed by atoms with Crippen LogP contribution in [-0.4, -0.2) is 59.9 Å². The largest absolute Gasteiger partial charge is 0.497 e. The van der Waals surface area contributed by atoms with Crippen molar-refractivity contribution < 1.29 is 18.7 Å². The maximum Gasteiger partial charge on any atom is 0.273 e. The van der Waals surface area contributed by atoms with Crippen molar-refractivity contribution in [3.63, 3.8) is 0 Å². The third-order valence-corrected chi connectivity index (χ3v) is 6.64. The Morgan fingerprint density at radius 3 is 2.56 bits per heavy atom. The summed E-state index contributed by atoms with van der Waals surface area (Å²) in [6.07, 6.45) is 3.50. The van der Waals surface area contributed by atoms with Crippen LogP contribution in [0.25, 0.3) is 10.8 Å². The van der Waals surface area contributed by atoms with Crippen LogP contribution in [0.15, 0.2) is 47.1 Å². The molecule has 3 aromatic rings. The van der Waals surface area contributed by atoms with Crippen LogP contribution in [0.3, 0.4) is 0 Å². The maximum atomic E-state index is 13.1. The normalized spacial score (nSPS) is 14.3. The smallest absolute Gasteiger partial charge is 0.273 e. The van der Waals surface area contributed by atoms with E-state index in [4.69, 9.17) is 9.15 Å². The number of aromatic nitrogens is 1. The number of benzene rings is 1. The first-order valence-corrected chi connectivity index (χ1v) is 11.6. The molecule has 3 heterocycles. The number of methoxy groups -OCH3 is 1. The van der Waals surface area contributed by atoms with Crippen LogP contribution in [0.1, 0.15) is 33.8 Å². The topological polar surface area (TPSA) is 75.9 Å². The van der Waals surface area contributed by atoms with Gasteiger partial charge in [-0.1, -0.05) is 12.1 Å². The van der Waals surface area contributed by atoms with Crippen LogP contribution < -0.4 is 4.74 Å². The van der Waals surface area contributed by atoms with Gasteiger partial charge in [0, 0.05) is 37.5 Å². The second kappa shape index (κ2) is 9.99. The molecule has 1 aliphatic heterocycles. The van der Waals surface area contributed by atoms with Gasteiger partial charge in [-0.05, 0) is 49.6 Å². The van der Waals surface area contributed by atoms with Crippen molar-refractivity contribution in [3.8, 4) is 16.5 Å². The van der Waals surface area contributed by atoms with Gasteiger partial charge in [0.2, 0.25) is 5.91 Å². The lowest BCUT2D eigenvalue weighted by atomic mass is 10.1. The Kier molecular flexibility index (Phi) is 6.90. The van der Waals surface area contributed by atoms with Crippen LogP contribution in [-0.2, 0) is 11.2 Å². The molecule has 2 aromatic heterocycles. The molecule has 1 saturated heterocycles. The molecule has 168 valence electrons. The number of hydrogen-bond donors (Lipinski definition) is 0. The standard InChI is InChI=1S/C24H27N3O4S/c1-17-22(25-23(32-17)20-5-3-16-31-20)24(29)27-13-4-12-26(14-15-27)21(28)11-8-18-6-9-19(30-2)10-7-18/h3,5-7,9-10,16H,4,8,11-15H2,1-2H3. The Hall–Kier alpha value is -3.13. The molecule has 1 aromatic carbocycles. The zero-order valence-electron chi connectivity index (χ0n) is 18.4. The van der Waals surface area contributed by atoms with Gasteiger partial charge < -0.3 is 19.0 Å². The SMILES string of the molecule is COc1ccc(CCC(=O)N2CCCN(C(=O)c3nc(-c4ccco4)sc3C)CC2)cc1. The first-order chi connectivity index (χ1) is 15.5. The van der Waals surface area contributed by atoms with Crippen LogP contribution in [0.5, 0.6) is 5.75 Å². The molecule has 0 bridgehead atoms. The highest BCUT2D eigenvalue weighted by atomic mass is 32.1. The highest BCUT2D eigenvalue weighted by Crippen LogP contribution is 2.28. The Morgan fingerprint density at radius 2 is 1.84 bits per heavy atom. The summed E-state index contributed by atoms with van der Waals surface area (Å²) in [7, 11) is 1.64. The van der Waals surface area contributed by atoms with Crippen molar-refractivity contribution in [2.24, 2.45) is 0 Å². The highest BCUT2D eigenvalue weighted by molar-refractivity contribution is 7.15. The van der Waals surface area contributed by atoms with E-state index in [0.717, 1.165) is 22.6 Å². The van der Waals surface area contributed by atoms with E-state index in [1.807, 2.05) is 53.1 Å². The van der Waals surface area contributed by atoms with E-state index in [0.29, 0.717) is 55.5 Å². The van der Waals surface area contributed by atoms with Gasteiger partial charge in [0.25, 0.3) is 5.91 Å². The number of aryl methyl sites for hydroxylation is 2. The predicted octanol–water partition coefficient (Wildman–Crippen LogP) is 4.03. The van der Waals surface area contributed by atoms with Crippen molar-refractivity contribution in [1.29, 1.82) is 0 Å². The van der Waals surface area contributed by atoms with Gasteiger partial charge >= 0.3 is 0 Å². The quantitative estimate of drug-likeness (QED) is 0.563. The van der Waals surface area contributed by atoms with E-state index in [-0.39, 0.29) is 11.8 Å². The Labute approximate surface area is 191 Å². The van der Waals surface area contributed by atoms with Crippen molar-refractivity contribution in [2.75, 3.05) is 33.3 Å². The number of nitrogens with zero attached hydrogens (tertiary/aromatic N) is 3. The summed E-state index contributed by atoms with van der Waals surface area (Å²) in [5, 5.41) is 0.709. The zero-order chi connectivity index (χ0) is 22.5. The first kappa shape index (κ1) is 22.1. The molecule has 4 rings (SSSR count). The van der Waals surface area contributed by atoms with Gasteiger partial charge in [0.1, 0.15) is 11.4 Å². The summed E-state index contributed by atoms with van der Waals surface area (Å²) < 4.78 is 10.6. The number of furan rings is 1. The lowest BCUT2D eigenvalue weighted by Crippen LogP contribution is -2.37. The van der Waals surface area contributed by atoms with Crippen molar-refractivity contribution >= 4 is 23.2 Å². The lowest BCUT2D eigenvalue weighted by Gasteiger charge is -2.22. The molecule has 7 nitrogen and oxygen atoms in total. The minimum atomic E-state index is -0.0795. The third-order valence-electron chi connectivity index (χ3n) is 5.65. The third kappa shape index (κ3) is 5.02. The van der Waals surface area contributed by atoms with Gasteiger partial charge in [-0.25, -0.2) is 4.98 Å². The van der Waals surface area contributed by atoms with E-state index in [1.165, 1.54) is 11.3 Å². The van der Waals surface area contributed by atoms with E-state index in [9.17, 15) is 9.59 Å². The fraction of sp³-hybridized carbons (Fsp3) is 0.375. The zero-order valence-corrected chi connectivity index (χ0v) is 19.2. The number of thiazole rings is 1. The van der Waals surface area contributed by atoms with Gasteiger partial charge in [-0.15, -0.1) is 11.3 Å². The molecule has 32 heavy (non-hydrogen) atoms. The van der Waals surface area contributed by atoms with Gasteiger partial charge in [0.15, 0.2) is 10.8 Å². The van der Waals surface area contributed by atoms with Crippen molar-refractivity contribution in [1.82, 2.24) is 14.8 Å². The minimum absolute atomic E-state index is 0.0795. The molecule has 0 radical (unpaired) electrons. The van der Waals surface area contributed by atoms with Crippen molar-refractivity contribution in [3.05, 3.63) is 58.8 Å². The summed E-state index contributed by atoms with van der Waals surface area (Å²) in [5.74, 6) is 1.52. The summed E-state index contributed by atoms with van der Waals surface area (Å²) in [6, 6.07) is 11.4. The van der Waals surface area contributed by atoms with Crippen LogP contribution in [0.2, 0.25) is 0 Å². The molecule has 0 N–H and O–H groups in total. The van der Waals surface area contributed by atoms with E-state index >= 15 is 0 Å². The molecule has 0 spiro atoms. The molecular formula is C24H27N3O4S. The average Bonchev–Trinajstić information content (AvgIpc) is 3.41. The number of hydrogen-bond acceptors (Lipinski definition) is 6. The van der Waals surface area contributed by atoms with E-state index in [1.54, 1.807) is 13.4 Å². The minimum Gasteiger partial charge on any atom is -0.497 e. The molecule has 2 amide bonds. The van der Waals surface area contributed by atoms with E-state index < -0.39 is 0 Å². The van der Waals surface area contributed by atoms with Crippen LogP contribution in [0.4, 0.5) is 0 Å². The molecule has 0 unspecified atom stereocenters. The first-order valence-electron chi connectivity index (χ1n) is 10.8. The lowest BCUT2D eigenvalue weighted by molar-refractivity contribution is -0.131. The number of amides is 2. The molecule has 1 aliphatic rings. The fourth-order valence-corrected chi connectivity index (χ4v) is 4.70. The second-order valence-corrected chi connectivity index (χ2v) is 8.98. The number of ether oxygens (including phenoxy) is 1. The molecule has 0 saturated carbocycles. The summed E-state index contributed by atoms with van der Waals surface area (Å²) >= 11 is 1.46. The van der Waals surface area contributed by atoms with Gasteiger partial charge in [-0.2, -0.15) is 0 Å². The predicted molar refractivity (Wildman–Crippen MR) is 123 cm³/mol. The van der Waals surface area contributed by atoms with Crippen molar-refractivity contribution in [2.45, 2.75) is 26.2 Å². The number of rotatable bonds is 6. The monoisotopic (exact) mass is 453 g/mol. The fourth-order valence-electron chi connectivity index (χ4n) is 3.82. The van der Waals surface area contributed by atoms with Gasteiger partial charge in [-0.3, -0.25) is 9.59 Å². The van der Waals surface area contributed by atoms with Crippen LogP contribution in [0, 0.1) is 6.92 Å². The maximum absolute atomic E-state index is 13.1. The number of carbonyl (C=O) groups is 2. The molecular weight excluding hydrogens is 426 g/mol. The highest BCUT2D eigenvalue weighted by Gasteiger charge is 2.26. The molecule has 0 aliphatic carbocycles. The Balaban J connectivity index is 1.33. The Bertz CT molecular complexity index is 1060.